The molecule has 3 aromatic rings. The number of fused-ring (bicyclic) bond motifs is 1. The second kappa shape index (κ2) is 6.67. The third kappa shape index (κ3) is 3.30. The minimum atomic E-state index is -0.346. The number of aromatic hydroxyl groups is 1. The van der Waals surface area contributed by atoms with E-state index in [9.17, 15) is 10.2 Å². The molecule has 0 saturated carbocycles. The van der Waals surface area contributed by atoms with Gasteiger partial charge in [-0.25, -0.2) is 0 Å². The number of nitrogens with one attached hydrogen (secondary N) is 1. The van der Waals surface area contributed by atoms with Crippen LogP contribution >= 0.6 is 11.6 Å². The van der Waals surface area contributed by atoms with Crippen molar-refractivity contribution in [3.05, 3.63) is 64.3 Å². The highest BCUT2D eigenvalue weighted by Crippen LogP contribution is 2.31. The van der Waals surface area contributed by atoms with Gasteiger partial charge in [0, 0.05) is 21.8 Å². The lowest BCUT2D eigenvalue weighted by atomic mass is 10.0. The molecular weight excluding hydrogens is 324 g/mol. The summed E-state index contributed by atoms with van der Waals surface area (Å²) in [6.45, 7) is 3.80. The number of anilines is 1. The molecule has 2 aromatic carbocycles. The molecule has 0 aliphatic rings. The van der Waals surface area contributed by atoms with Crippen molar-refractivity contribution in [2.24, 2.45) is 0 Å². The lowest BCUT2D eigenvalue weighted by molar-refractivity contribution is 0.276. The van der Waals surface area contributed by atoms with Crippen LogP contribution in [0.1, 0.15) is 22.9 Å². The van der Waals surface area contributed by atoms with Crippen LogP contribution in [0.2, 0.25) is 5.02 Å². The van der Waals surface area contributed by atoms with Gasteiger partial charge < -0.3 is 15.5 Å². The van der Waals surface area contributed by atoms with E-state index in [-0.39, 0.29) is 18.4 Å². The number of pyridine rings is 1. The Labute approximate surface area is 145 Å². The van der Waals surface area contributed by atoms with Gasteiger partial charge in [0.15, 0.2) is 0 Å². The lowest BCUT2D eigenvalue weighted by Gasteiger charge is -2.20. The van der Waals surface area contributed by atoms with Gasteiger partial charge in [-0.15, -0.1) is 0 Å². The molecule has 4 nitrogen and oxygen atoms in total. The molecule has 3 rings (SSSR count). The van der Waals surface area contributed by atoms with Gasteiger partial charge in [0.25, 0.3) is 0 Å². The summed E-state index contributed by atoms with van der Waals surface area (Å²) < 4.78 is 0. The maximum Gasteiger partial charge on any atom is 0.115 e. The number of nitrogens with zero attached hydrogens (tertiary/aromatic N) is 1. The summed E-state index contributed by atoms with van der Waals surface area (Å²) in [5, 5.41) is 24.4. The largest absolute Gasteiger partial charge is 0.508 e. The molecule has 0 aliphatic carbocycles. The first kappa shape index (κ1) is 16.6. The Kier molecular flexibility index (Phi) is 4.60. The Morgan fingerprint density at radius 1 is 1.17 bits per heavy atom. The summed E-state index contributed by atoms with van der Waals surface area (Å²) in [4.78, 5) is 4.60. The number of phenolic OH excluding ortho intramolecular Hbond substituents is 1. The monoisotopic (exact) mass is 342 g/mol. The van der Waals surface area contributed by atoms with Crippen LogP contribution in [0.15, 0.2) is 42.5 Å². The number of aliphatic hydroxyl groups is 1. The standard InChI is InChI=1S/C19H19ClN2O2/c1-11-6-14(20)9-16-17(7-12(2)21-19(11)16)22-18(10-23)13-4-3-5-15(24)8-13/h3-9,18,23-24H,10H2,1-2H3,(H,21,22). The summed E-state index contributed by atoms with van der Waals surface area (Å²) in [6, 6.07) is 12.2. The van der Waals surface area contributed by atoms with E-state index in [2.05, 4.69) is 10.3 Å². The molecule has 24 heavy (non-hydrogen) atoms. The summed E-state index contributed by atoms with van der Waals surface area (Å²) in [5.41, 5.74) is 4.42. The Hall–Kier alpha value is -2.30. The third-order valence-electron chi connectivity index (χ3n) is 3.98. The zero-order valence-electron chi connectivity index (χ0n) is 13.5. The summed E-state index contributed by atoms with van der Waals surface area (Å²) in [6.07, 6.45) is 0. The van der Waals surface area contributed by atoms with Crippen molar-refractivity contribution in [3.8, 4) is 5.75 Å². The zero-order chi connectivity index (χ0) is 17.3. The van der Waals surface area contributed by atoms with Crippen molar-refractivity contribution in [1.29, 1.82) is 0 Å². The average Bonchev–Trinajstić information content (AvgIpc) is 2.53. The molecule has 1 heterocycles. The van der Waals surface area contributed by atoms with Gasteiger partial charge in [0.05, 0.1) is 18.2 Å². The van der Waals surface area contributed by atoms with E-state index < -0.39 is 0 Å². The molecule has 0 amide bonds. The first-order chi connectivity index (χ1) is 11.5. The number of aliphatic hydroxyl groups excluding tert-OH is 1. The molecule has 5 heteroatoms. The molecule has 0 spiro atoms. The maximum atomic E-state index is 9.80. The Morgan fingerprint density at radius 2 is 1.96 bits per heavy atom. The smallest absolute Gasteiger partial charge is 0.115 e. The molecule has 124 valence electrons. The van der Waals surface area contributed by atoms with Crippen LogP contribution < -0.4 is 5.32 Å². The van der Waals surface area contributed by atoms with Crippen LogP contribution in [-0.4, -0.2) is 21.8 Å². The third-order valence-corrected chi connectivity index (χ3v) is 4.20. The summed E-state index contributed by atoms with van der Waals surface area (Å²) in [7, 11) is 0. The molecule has 0 radical (unpaired) electrons. The minimum Gasteiger partial charge on any atom is -0.508 e. The fourth-order valence-electron chi connectivity index (χ4n) is 2.87. The van der Waals surface area contributed by atoms with Crippen molar-refractivity contribution in [3.63, 3.8) is 0 Å². The van der Waals surface area contributed by atoms with Crippen molar-refractivity contribution in [1.82, 2.24) is 4.98 Å². The van der Waals surface area contributed by atoms with Gasteiger partial charge in [-0.3, -0.25) is 4.98 Å². The Morgan fingerprint density at radius 3 is 2.67 bits per heavy atom. The predicted octanol–water partition coefficient (Wildman–Crippen LogP) is 4.36. The first-order valence-corrected chi connectivity index (χ1v) is 8.09. The van der Waals surface area contributed by atoms with E-state index in [0.29, 0.717) is 5.02 Å². The molecular formula is C19H19ClN2O2. The number of benzene rings is 2. The maximum absolute atomic E-state index is 9.80. The molecule has 3 N–H and O–H groups in total. The van der Waals surface area contributed by atoms with Gasteiger partial charge >= 0.3 is 0 Å². The topological polar surface area (TPSA) is 65.4 Å². The van der Waals surface area contributed by atoms with Gasteiger partial charge in [-0.1, -0.05) is 23.7 Å². The molecule has 0 aliphatic heterocycles. The van der Waals surface area contributed by atoms with Crippen molar-refractivity contribution in [2.75, 3.05) is 11.9 Å². The lowest BCUT2D eigenvalue weighted by Crippen LogP contribution is -2.15. The minimum absolute atomic E-state index is 0.105. The van der Waals surface area contributed by atoms with Crippen molar-refractivity contribution < 1.29 is 10.2 Å². The SMILES string of the molecule is Cc1cc(NC(CO)c2cccc(O)c2)c2cc(Cl)cc(C)c2n1. The number of rotatable bonds is 4. The average molecular weight is 343 g/mol. The second-order valence-corrected chi connectivity index (χ2v) is 6.34. The molecule has 0 fully saturated rings. The fraction of sp³-hybridized carbons (Fsp3) is 0.211. The zero-order valence-corrected chi connectivity index (χ0v) is 14.3. The number of halogens is 1. The van der Waals surface area contributed by atoms with Crippen LogP contribution in [0, 0.1) is 13.8 Å². The van der Waals surface area contributed by atoms with Gasteiger partial charge in [0.1, 0.15) is 5.75 Å². The van der Waals surface area contributed by atoms with E-state index in [1.54, 1.807) is 18.2 Å². The Bertz CT molecular complexity index is 896. The number of hydrogen-bond acceptors (Lipinski definition) is 4. The van der Waals surface area contributed by atoms with E-state index in [1.807, 2.05) is 38.1 Å². The second-order valence-electron chi connectivity index (χ2n) is 5.90. The van der Waals surface area contributed by atoms with Crippen molar-refractivity contribution in [2.45, 2.75) is 19.9 Å². The van der Waals surface area contributed by atoms with Crippen LogP contribution in [0.4, 0.5) is 5.69 Å². The fourth-order valence-corrected chi connectivity index (χ4v) is 3.14. The van der Waals surface area contributed by atoms with E-state index in [0.717, 1.165) is 33.4 Å². The Balaban J connectivity index is 2.08. The summed E-state index contributed by atoms with van der Waals surface area (Å²) >= 11 is 6.21. The van der Waals surface area contributed by atoms with Crippen LogP contribution in [-0.2, 0) is 0 Å². The predicted molar refractivity (Wildman–Crippen MR) is 97.8 cm³/mol. The molecule has 1 aromatic heterocycles. The number of aryl methyl sites for hydroxylation is 2. The van der Waals surface area contributed by atoms with Gasteiger partial charge in [-0.2, -0.15) is 0 Å². The van der Waals surface area contributed by atoms with Gasteiger partial charge in [-0.05, 0) is 55.3 Å². The molecule has 1 atom stereocenters. The molecule has 0 saturated heterocycles. The van der Waals surface area contributed by atoms with Crippen LogP contribution in [0.5, 0.6) is 5.75 Å². The van der Waals surface area contributed by atoms with E-state index in [4.69, 9.17) is 11.6 Å². The highest BCUT2D eigenvalue weighted by Gasteiger charge is 2.14. The molecule has 0 bridgehead atoms. The quantitative estimate of drug-likeness (QED) is 0.659. The van der Waals surface area contributed by atoms with Crippen LogP contribution in [0.3, 0.4) is 0 Å². The number of phenols is 1. The van der Waals surface area contributed by atoms with E-state index >= 15 is 0 Å². The first-order valence-electron chi connectivity index (χ1n) is 7.72. The highest BCUT2D eigenvalue weighted by atomic mass is 35.5. The number of aromatic nitrogens is 1. The van der Waals surface area contributed by atoms with Crippen molar-refractivity contribution >= 4 is 28.2 Å². The number of hydrogen-bond donors (Lipinski definition) is 3. The summed E-state index contributed by atoms with van der Waals surface area (Å²) in [5.74, 6) is 0.169. The van der Waals surface area contributed by atoms with Crippen LogP contribution in [0.25, 0.3) is 10.9 Å². The van der Waals surface area contributed by atoms with Gasteiger partial charge in [0.2, 0.25) is 0 Å². The molecule has 1 unspecified atom stereocenters. The highest BCUT2D eigenvalue weighted by molar-refractivity contribution is 6.31. The normalized spacial score (nSPS) is 12.3. The van der Waals surface area contributed by atoms with E-state index in [1.165, 1.54) is 0 Å².